The zero-order chi connectivity index (χ0) is 16.9. The number of aromatic nitrogens is 5. The van der Waals surface area contributed by atoms with Crippen molar-refractivity contribution >= 4 is 11.9 Å². The summed E-state index contributed by atoms with van der Waals surface area (Å²) < 4.78 is 6.98. The Hall–Kier alpha value is -2.71. The third-order valence-electron chi connectivity index (χ3n) is 3.97. The van der Waals surface area contributed by atoms with Gasteiger partial charge in [0.2, 0.25) is 17.7 Å². The summed E-state index contributed by atoms with van der Waals surface area (Å²) in [6.07, 6.45) is 4.69. The first kappa shape index (κ1) is 16.2. The van der Waals surface area contributed by atoms with E-state index in [2.05, 4.69) is 25.0 Å². The Balaban J connectivity index is 1.59. The minimum atomic E-state index is -0.350. The maximum atomic E-state index is 12.5. The van der Waals surface area contributed by atoms with Gasteiger partial charge in [0.15, 0.2) is 0 Å². The van der Waals surface area contributed by atoms with Crippen molar-refractivity contribution in [3.8, 4) is 5.88 Å². The monoisotopic (exact) mass is 331 g/mol. The summed E-state index contributed by atoms with van der Waals surface area (Å²) in [4.78, 5) is 29.0. The highest BCUT2D eigenvalue weighted by atomic mass is 16.5. The van der Waals surface area contributed by atoms with Crippen LogP contribution in [-0.2, 0) is 4.79 Å². The molecule has 9 heteroatoms. The quantitative estimate of drug-likeness (QED) is 0.782. The zero-order valence-corrected chi connectivity index (χ0v) is 13.9. The minimum Gasteiger partial charge on any atom is -0.478 e. The second-order valence-corrected chi connectivity index (χ2v) is 5.49. The second-order valence-electron chi connectivity index (χ2n) is 5.49. The van der Waals surface area contributed by atoms with Crippen LogP contribution in [0.15, 0.2) is 24.9 Å². The maximum absolute atomic E-state index is 12.5. The number of hydrogen-bond donors (Lipinski definition) is 0. The standard InChI is InChI=1S/C15H21N7O2/c1-3-24-13-4-5-17-15(19-13)21-8-6-20(7-9-21)14(23)12(2)22-11-16-10-18-22/h4-5,10-12H,3,6-9H2,1-2H3/t12-/m0/s1. The fraction of sp³-hybridized carbons (Fsp3) is 0.533. The molecule has 1 aliphatic heterocycles. The molecular formula is C15H21N7O2. The first-order valence-corrected chi connectivity index (χ1v) is 8.02. The van der Waals surface area contributed by atoms with Crippen LogP contribution < -0.4 is 9.64 Å². The number of hydrogen-bond acceptors (Lipinski definition) is 7. The van der Waals surface area contributed by atoms with Crippen molar-refractivity contribution < 1.29 is 9.53 Å². The van der Waals surface area contributed by atoms with E-state index >= 15 is 0 Å². The van der Waals surface area contributed by atoms with Crippen molar-refractivity contribution in [1.29, 1.82) is 0 Å². The first-order chi connectivity index (χ1) is 11.7. The predicted molar refractivity (Wildman–Crippen MR) is 86.7 cm³/mol. The Morgan fingerprint density at radius 1 is 1.33 bits per heavy atom. The summed E-state index contributed by atoms with van der Waals surface area (Å²) in [5.74, 6) is 1.25. The van der Waals surface area contributed by atoms with E-state index in [1.165, 1.54) is 6.33 Å². The number of nitrogens with zero attached hydrogens (tertiary/aromatic N) is 7. The average Bonchev–Trinajstić information content (AvgIpc) is 3.16. The second kappa shape index (κ2) is 7.24. The molecule has 0 bridgehead atoms. The van der Waals surface area contributed by atoms with Gasteiger partial charge in [0.05, 0.1) is 6.61 Å². The van der Waals surface area contributed by atoms with E-state index in [1.807, 2.05) is 18.7 Å². The first-order valence-electron chi connectivity index (χ1n) is 8.02. The normalized spacial score (nSPS) is 16.1. The van der Waals surface area contributed by atoms with Gasteiger partial charge in [0.25, 0.3) is 0 Å². The molecular weight excluding hydrogens is 310 g/mol. The van der Waals surface area contributed by atoms with E-state index in [1.54, 1.807) is 23.3 Å². The molecule has 1 amide bonds. The lowest BCUT2D eigenvalue weighted by Gasteiger charge is -2.35. The van der Waals surface area contributed by atoms with Crippen molar-refractivity contribution in [3.63, 3.8) is 0 Å². The van der Waals surface area contributed by atoms with Crippen molar-refractivity contribution in [2.24, 2.45) is 0 Å². The summed E-state index contributed by atoms with van der Waals surface area (Å²) in [5, 5.41) is 4.04. The van der Waals surface area contributed by atoms with Gasteiger partial charge in [-0.15, -0.1) is 0 Å². The van der Waals surface area contributed by atoms with Crippen LogP contribution in [-0.4, -0.2) is 68.3 Å². The van der Waals surface area contributed by atoms with E-state index < -0.39 is 0 Å². The highest BCUT2D eigenvalue weighted by molar-refractivity contribution is 5.80. The highest BCUT2D eigenvalue weighted by Gasteiger charge is 2.27. The van der Waals surface area contributed by atoms with Gasteiger partial charge >= 0.3 is 0 Å². The fourth-order valence-corrected chi connectivity index (χ4v) is 2.63. The lowest BCUT2D eigenvalue weighted by atomic mass is 10.2. The largest absolute Gasteiger partial charge is 0.478 e. The highest BCUT2D eigenvalue weighted by Crippen LogP contribution is 2.16. The van der Waals surface area contributed by atoms with Crippen LogP contribution in [0, 0.1) is 0 Å². The van der Waals surface area contributed by atoms with Gasteiger partial charge in [0, 0.05) is 38.4 Å². The van der Waals surface area contributed by atoms with Crippen molar-refractivity contribution in [2.75, 3.05) is 37.7 Å². The number of anilines is 1. The molecule has 0 unspecified atom stereocenters. The zero-order valence-electron chi connectivity index (χ0n) is 13.9. The summed E-state index contributed by atoms with van der Waals surface area (Å²) >= 11 is 0. The van der Waals surface area contributed by atoms with Crippen LogP contribution in [0.4, 0.5) is 5.95 Å². The molecule has 0 aromatic carbocycles. The third-order valence-corrected chi connectivity index (χ3v) is 3.97. The Kier molecular flexibility index (Phi) is 4.88. The van der Waals surface area contributed by atoms with Gasteiger partial charge in [-0.2, -0.15) is 10.1 Å². The third kappa shape index (κ3) is 3.44. The van der Waals surface area contributed by atoms with Gasteiger partial charge in [-0.05, 0) is 13.8 Å². The lowest BCUT2D eigenvalue weighted by Crippen LogP contribution is -2.50. The lowest BCUT2D eigenvalue weighted by molar-refractivity contribution is -0.134. The molecule has 0 N–H and O–H groups in total. The number of piperazine rings is 1. The number of ether oxygens (including phenoxy) is 1. The molecule has 1 fully saturated rings. The van der Waals surface area contributed by atoms with Gasteiger partial charge in [-0.1, -0.05) is 0 Å². The molecule has 0 aliphatic carbocycles. The number of carbonyl (C=O) groups excluding carboxylic acids is 1. The van der Waals surface area contributed by atoms with Gasteiger partial charge in [-0.3, -0.25) is 4.79 Å². The Morgan fingerprint density at radius 3 is 2.79 bits per heavy atom. The van der Waals surface area contributed by atoms with Crippen LogP contribution in [0.5, 0.6) is 5.88 Å². The topological polar surface area (TPSA) is 89.3 Å². The molecule has 9 nitrogen and oxygen atoms in total. The molecule has 1 atom stereocenters. The van der Waals surface area contributed by atoms with Crippen LogP contribution in [0.3, 0.4) is 0 Å². The van der Waals surface area contributed by atoms with Gasteiger partial charge in [0.1, 0.15) is 18.7 Å². The number of rotatable bonds is 5. The molecule has 128 valence electrons. The number of carbonyl (C=O) groups is 1. The van der Waals surface area contributed by atoms with Crippen molar-refractivity contribution in [3.05, 3.63) is 24.9 Å². The molecule has 24 heavy (non-hydrogen) atoms. The van der Waals surface area contributed by atoms with Crippen LogP contribution in [0.25, 0.3) is 0 Å². The Labute approximate surface area is 140 Å². The van der Waals surface area contributed by atoms with Crippen LogP contribution in [0.2, 0.25) is 0 Å². The van der Waals surface area contributed by atoms with Crippen LogP contribution >= 0.6 is 0 Å². The Bertz CT molecular complexity index is 668. The van der Waals surface area contributed by atoms with E-state index in [-0.39, 0.29) is 11.9 Å². The average molecular weight is 331 g/mol. The van der Waals surface area contributed by atoms with E-state index in [4.69, 9.17) is 4.74 Å². The summed E-state index contributed by atoms with van der Waals surface area (Å²) in [5.41, 5.74) is 0. The SMILES string of the molecule is CCOc1ccnc(N2CCN(C(=O)[C@H](C)n3cncn3)CC2)n1. The molecule has 2 aromatic heterocycles. The molecule has 3 rings (SSSR count). The molecule has 0 radical (unpaired) electrons. The molecule has 2 aromatic rings. The van der Waals surface area contributed by atoms with E-state index in [0.717, 1.165) is 0 Å². The predicted octanol–water partition coefficient (Wildman–Crippen LogP) is 0.377. The smallest absolute Gasteiger partial charge is 0.247 e. The van der Waals surface area contributed by atoms with Crippen molar-refractivity contribution in [2.45, 2.75) is 19.9 Å². The van der Waals surface area contributed by atoms with Gasteiger partial charge < -0.3 is 14.5 Å². The van der Waals surface area contributed by atoms with Crippen LogP contribution in [0.1, 0.15) is 19.9 Å². The summed E-state index contributed by atoms with van der Waals surface area (Å²) in [6, 6.07) is 1.39. The van der Waals surface area contributed by atoms with E-state index in [9.17, 15) is 4.79 Å². The van der Waals surface area contributed by atoms with Crippen molar-refractivity contribution in [1.82, 2.24) is 29.6 Å². The molecule has 1 saturated heterocycles. The van der Waals surface area contributed by atoms with Gasteiger partial charge in [-0.25, -0.2) is 14.6 Å². The molecule has 0 spiro atoms. The molecule has 1 aliphatic rings. The Morgan fingerprint density at radius 2 is 2.12 bits per heavy atom. The maximum Gasteiger partial charge on any atom is 0.247 e. The number of amides is 1. The molecule has 0 saturated carbocycles. The summed E-state index contributed by atoms with van der Waals surface area (Å²) in [7, 11) is 0. The molecule has 3 heterocycles. The van der Waals surface area contributed by atoms with E-state index in [0.29, 0.717) is 44.6 Å². The minimum absolute atomic E-state index is 0.0455. The summed E-state index contributed by atoms with van der Waals surface area (Å²) in [6.45, 7) is 6.94. The fourth-order valence-electron chi connectivity index (χ4n) is 2.63.